The highest BCUT2D eigenvalue weighted by Gasteiger charge is 2.28. The summed E-state index contributed by atoms with van der Waals surface area (Å²) >= 11 is 0. The van der Waals surface area contributed by atoms with E-state index < -0.39 is 0 Å². The summed E-state index contributed by atoms with van der Waals surface area (Å²) in [5.41, 5.74) is 1.23. The standard InChI is InChI=1S/C16H21N7O2/c1-25-15-9-13(17-10-18-15)19-16(24)23-6-4-22(5-7-23)14-8-12(20-21-14)11-2-3-11/h8-11H,2-7H2,1H3,(H,20,21)(H,17,18,19,24). The average molecular weight is 343 g/mol. The Morgan fingerprint density at radius 2 is 2.04 bits per heavy atom. The van der Waals surface area contributed by atoms with Crippen LogP contribution in [0.3, 0.4) is 0 Å². The van der Waals surface area contributed by atoms with E-state index in [2.05, 4.69) is 36.4 Å². The molecule has 2 amide bonds. The van der Waals surface area contributed by atoms with E-state index in [1.807, 2.05) is 0 Å². The van der Waals surface area contributed by atoms with Gasteiger partial charge in [-0.25, -0.2) is 14.8 Å². The summed E-state index contributed by atoms with van der Waals surface area (Å²) in [6.07, 6.45) is 3.87. The highest BCUT2D eigenvalue weighted by molar-refractivity contribution is 5.88. The zero-order chi connectivity index (χ0) is 17.2. The number of rotatable bonds is 4. The van der Waals surface area contributed by atoms with Gasteiger partial charge in [0.25, 0.3) is 0 Å². The predicted molar refractivity (Wildman–Crippen MR) is 92.0 cm³/mol. The largest absolute Gasteiger partial charge is 0.481 e. The normalized spacial score (nSPS) is 17.5. The molecule has 0 aromatic carbocycles. The van der Waals surface area contributed by atoms with Gasteiger partial charge in [-0.15, -0.1) is 0 Å². The molecule has 2 aromatic rings. The van der Waals surface area contributed by atoms with Crippen LogP contribution in [0.1, 0.15) is 24.5 Å². The van der Waals surface area contributed by atoms with Crippen LogP contribution in [0, 0.1) is 0 Å². The predicted octanol–water partition coefficient (Wildman–Crippen LogP) is 1.44. The van der Waals surface area contributed by atoms with Crippen LogP contribution in [0.2, 0.25) is 0 Å². The SMILES string of the molecule is COc1cc(NC(=O)N2CCN(c3cc(C4CC4)[nH]n3)CC2)ncn1. The fraction of sp³-hybridized carbons (Fsp3) is 0.500. The third-order valence-corrected chi connectivity index (χ3v) is 4.58. The summed E-state index contributed by atoms with van der Waals surface area (Å²) in [4.78, 5) is 24.3. The van der Waals surface area contributed by atoms with Crippen LogP contribution in [0.4, 0.5) is 16.4 Å². The molecule has 1 aliphatic heterocycles. The van der Waals surface area contributed by atoms with E-state index in [-0.39, 0.29) is 6.03 Å². The molecule has 2 aliphatic rings. The maximum absolute atomic E-state index is 12.4. The number of hydrogen-bond donors (Lipinski definition) is 2. The smallest absolute Gasteiger partial charge is 0.323 e. The fourth-order valence-corrected chi connectivity index (χ4v) is 2.94. The topological polar surface area (TPSA) is 99.3 Å². The number of nitrogens with one attached hydrogen (secondary N) is 2. The summed E-state index contributed by atoms with van der Waals surface area (Å²) in [6.45, 7) is 2.80. The van der Waals surface area contributed by atoms with Gasteiger partial charge in [-0.1, -0.05) is 0 Å². The number of carbonyl (C=O) groups excluding carboxylic acids is 1. The zero-order valence-electron chi connectivity index (χ0n) is 14.1. The number of carbonyl (C=O) groups is 1. The first-order valence-corrected chi connectivity index (χ1v) is 8.45. The van der Waals surface area contributed by atoms with Crippen molar-refractivity contribution in [2.24, 2.45) is 0 Å². The van der Waals surface area contributed by atoms with Crippen molar-refractivity contribution in [3.63, 3.8) is 0 Å². The molecule has 0 spiro atoms. The number of methoxy groups -OCH3 is 1. The van der Waals surface area contributed by atoms with Gasteiger partial charge in [-0.2, -0.15) is 5.10 Å². The summed E-state index contributed by atoms with van der Waals surface area (Å²) < 4.78 is 5.04. The molecule has 2 N–H and O–H groups in total. The Hall–Kier alpha value is -2.84. The molecule has 9 nitrogen and oxygen atoms in total. The van der Waals surface area contributed by atoms with Gasteiger partial charge in [0.15, 0.2) is 5.82 Å². The molecule has 1 saturated heterocycles. The summed E-state index contributed by atoms with van der Waals surface area (Å²) in [7, 11) is 1.52. The van der Waals surface area contributed by atoms with Gasteiger partial charge >= 0.3 is 6.03 Å². The second-order valence-corrected chi connectivity index (χ2v) is 6.31. The molecule has 0 bridgehead atoms. The quantitative estimate of drug-likeness (QED) is 0.871. The minimum atomic E-state index is -0.166. The van der Waals surface area contributed by atoms with E-state index in [1.165, 1.54) is 32.0 Å². The first-order chi connectivity index (χ1) is 12.2. The van der Waals surface area contributed by atoms with Gasteiger partial charge in [0.2, 0.25) is 5.88 Å². The van der Waals surface area contributed by atoms with Crippen LogP contribution in [-0.4, -0.2) is 64.4 Å². The summed E-state index contributed by atoms with van der Waals surface area (Å²) in [6, 6.07) is 3.57. The average Bonchev–Trinajstić information content (AvgIpc) is 3.39. The van der Waals surface area contributed by atoms with Gasteiger partial charge in [0.05, 0.1) is 7.11 Å². The molecule has 1 aliphatic carbocycles. The Labute approximate surface area is 145 Å². The van der Waals surface area contributed by atoms with Crippen LogP contribution >= 0.6 is 0 Å². The summed E-state index contributed by atoms with van der Waals surface area (Å²) in [5.74, 6) is 2.49. The van der Waals surface area contributed by atoms with Crippen LogP contribution in [0.15, 0.2) is 18.5 Å². The van der Waals surface area contributed by atoms with E-state index >= 15 is 0 Å². The van der Waals surface area contributed by atoms with Crippen molar-refractivity contribution in [3.8, 4) is 5.88 Å². The van der Waals surface area contributed by atoms with Gasteiger partial charge in [0, 0.05) is 49.9 Å². The number of ether oxygens (including phenoxy) is 1. The van der Waals surface area contributed by atoms with Crippen LogP contribution < -0.4 is 15.0 Å². The first-order valence-electron chi connectivity index (χ1n) is 8.45. The number of urea groups is 1. The van der Waals surface area contributed by atoms with Crippen molar-refractivity contribution in [2.45, 2.75) is 18.8 Å². The van der Waals surface area contributed by atoms with Crippen molar-refractivity contribution in [1.82, 2.24) is 25.1 Å². The molecule has 3 heterocycles. The molecule has 9 heteroatoms. The van der Waals surface area contributed by atoms with Crippen LogP contribution in [-0.2, 0) is 0 Å². The minimum absolute atomic E-state index is 0.166. The summed E-state index contributed by atoms with van der Waals surface area (Å²) in [5, 5.41) is 10.3. The second kappa shape index (κ2) is 6.58. The molecular formula is C16H21N7O2. The molecule has 1 saturated carbocycles. The molecule has 0 atom stereocenters. The number of anilines is 2. The van der Waals surface area contributed by atoms with Crippen molar-refractivity contribution < 1.29 is 9.53 Å². The number of piperazine rings is 1. The number of amides is 2. The number of hydrogen-bond acceptors (Lipinski definition) is 6. The third kappa shape index (κ3) is 3.49. The van der Waals surface area contributed by atoms with E-state index in [1.54, 1.807) is 11.0 Å². The Bertz CT molecular complexity index is 750. The van der Waals surface area contributed by atoms with Gasteiger partial charge in [0.1, 0.15) is 12.1 Å². The molecule has 132 valence electrons. The second-order valence-electron chi connectivity index (χ2n) is 6.31. The van der Waals surface area contributed by atoms with Crippen LogP contribution in [0.25, 0.3) is 0 Å². The number of aromatic amines is 1. The highest BCUT2D eigenvalue weighted by atomic mass is 16.5. The van der Waals surface area contributed by atoms with Gasteiger partial charge < -0.3 is 14.5 Å². The lowest BCUT2D eigenvalue weighted by molar-refractivity contribution is 0.208. The first kappa shape index (κ1) is 15.7. The lowest BCUT2D eigenvalue weighted by Crippen LogP contribution is -2.50. The molecule has 4 rings (SSSR count). The lowest BCUT2D eigenvalue weighted by Gasteiger charge is -2.34. The maximum atomic E-state index is 12.4. The van der Waals surface area contributed by atoms with Gasteiger partial charge in [-0.05, 0) is 12.8 Å². The van der Waals surface area contributed by atoms with E-state index in [0.29, 0.717) is 30.7 Å². The van der Waals surface area contributed by atoms with Crippen molar-refractivity contribution in [2.75, 3.05) is 43.5 Å². The molecule has 2 aromatic heterocycles. The Morgan fingerprint density at radius 3 is 2.76 bits per heavy atom. The monoisotopic (exact) mass is 343 g/mol. The fourth-order valence-electron chi connectivity index (χ4n) is 2.94. The Morgan fingerprint density at radius 1 is 1.24 bits per heavy atom. The Balaban J connectivity index is 1.32. The lowest BCUT2D eigenvalue weighted by atomic mass is 10.2. The van der Waals surface area contributed by atoms with E-state index in [4.69, 9.17) is 4.74 Å². The van der Waals surface area contributed by atoms with Crippen molar-refractivity contribution in [3.05, 3.63) is 24.2 Å². The molecular weight excluding hydrogens is 322 g/mol. The number of aromatic nitrogens is 4. The zero-order valence-corrected chi connectivity index (χ0v) is 14.1. The molecule has 2 fully saturated rings. The van der Waals surface area contributed by atoms with Crippen molar-refractivity contribution >= 4 is 17.7 Å². The third-order valence-electron chi connectivity index (χ3n) is 4.58. The van der Waals surface area contributed by atoms with Crippen LogP contribution in [0.5, 0.6) is 5.88 Å². The molecule has 25 heavy (non-hydrogen) atoms. The molecule has 0 radical (unpaired) electrons. The molecule has 0 unspecified atom stereocenters. The maximum Gasteiger partial charge on any atom is 0.323 e. The number of nitrogens with zero attached hydrogens (tertiary/aromatic N) is 5. The van der Waals surface area contributed by atoms with E-state index in [0.717, 1.165) is 18.9 Å². The van der Waals surface area contributed by atoms with Crippen molar-refractivity contribution in [1.29, 1.82) is 0 Å². The number of H-pyrrole nitrogens is 1. The van der Waals surface area contributed by atoms with Gasteiger partial charge in [-0.3, -0.25) is 10.4 Å². The van der Waals surface area contributed by atoms with E-state index in [9.17, 15) is 4.79 Å². The highest BCUT2D eigenvalue weighted by Crippen LogP contribution is 2.39. The Kier molecular flexibility index (Phi) is 4.12. The minimum Gasteiger partial charge on any atom is -0.481 e.